The van der Waals surface area contributed by atoms with Crippen molar-refractivity contribution in [2.45, 2.75) is 29.9 Å². The average molecular weight is 497 g/mol. The number of benzene rings is 2. The summed E-state index contributed by atoms with van der Waals surface area (Å²) in [6.45, 7) is 3.84. The molecule has 0 amide bonds. The molecule has 2 heterocycles. The van der Waals surface area contributed by atoms with Gasteiger partial charge in [-0.2, -0.15) is 0 Å². The van der Waals surface area contributed by atoms with Gasteiger partial charge in [0.2, 0.25) is 0 Å². The van der Waals surface area contributed by atoms with Crippen LogP contribution in [-0.4, -0.2) is 38.3 Å². The maximum Gasteiger partial charge on any atom is 0.185 e. The van der Waals surface area contributed by atoms with Gasteiger partial charge >= 0.3 is 0 Å². The Kier molecular flexibility index (Phi) is 6.77. The molecule has 5 nitrogen and oxygen atoms in total. The van der Waals surface area contributed by atoms with Gasteiger partial charge in [0, 0.05) is 24.0 Å². The van der Waals surface area contributed by atoms with E-state index in [-0.39, 0.29) is 14.9 Å². The summed E-state index contributed by atoms with van der Waals surface area (Å²) in [4.78, 5) is 7.03. The third-order valence-electron chi connectivity index (χ3n) is 5.33. The number of hydrogen-bond donors (Lipinski definition) is 0. The van der Waals surface area contributed by atoms with E-state index in [9.17, 15) is 8.42 Å². The molecule has 4 rings (SSSR count). The van der Waals surface area contributed by atoms with Gasteiger partial charge in [-0.05, 0) is 56.2 Å². The molecule has 3 aromatic rings. The van der Waals surface area contributed by atoms with Crippen LogP contribution in [0, 0.1) is 0 Å². The maximum atomic E-state index is 13.1. The molecule has 0 aliphatic carbocycles. The van der Waals surface area contributed by atoms with E-state index in [4.69, 9.17) is 32.9 Å². The van der Waals surface area contributed by atoms with E-state index in [0.717, 1.165) is 22.1 Å². The molecule has 1 aliphatic rings. The molecule has 0 atom stereocenters. The van der Waals surface area contributed by atoms with E-state index in [1.807, 2.05) is 36.6 Å². The molecule has 2 aromatic carbocycles. The van der Waals surface area contributed by atoms with Gasteiger partial charge in [-0.15, -0.1) is 11.3 Å². The number of anilines is 1. The highest BCUT2D eigenvalue weighted by Crippen LogP contribution is 2.35. The van der Waals surface area contributed by atoms with Crippen LogP contribution >= 0.6 is 34.5 Å². The molecule has 9 heteroatoms. The van der Waals surface area contributed by atoms with Crippen molar-refractivity contribution in [2.24, 2.45) is 0 Å². The van der Waals surface area contributed by atoms with Crippen LogP contribution in [-0.2, 0) is 9.84 Å². The molecular weight excluding hydrogens is 475 g/mol. The number of nitrogens with zero attached hydrogens (tertiary/aromatic N) is 2. The number of halogens is 2. The molecule has 0 radical (unpaired) electrons. The van der Waals surface area contributed by atoms with Crippen molar-refractivity contribution >= 4 is 49.5 Å². The normalized spacial score (nSPS) is 15.3. The highest BCUT2D eigenvalue weighted by molar-refractivity contribution is 7.92. The van der Waals surface area contributed by atoms with Gasteiger partial charge in [-0.3, -0.25) is 0 Å². The smallest absolute Gasteiger partial charge is 0.185 e. The van der Waals surface area contributed by atoms with Gasteiger partial charge in [0.15, 0.2) is 15.0 Å². The molecule has 1 fully saturated rings. The number of piperidine rings is 1. The summed E-state index contributed by atoms with van der Waals surface area (Å²) in [6, 6.07) is 12.6. The minimum absolute atomic E-state index is 0.103. The van der Waals surface area contributed by atoms with Crippen LogP contribution < -0.4 is 9.64 Å². The second-order valence-electron chi connectivity index (χ2n) is 7.26. The molecular formula is C22H22Cl2N2O3S2. The van der Waals surface area contributed by atoms with Crippen molar-refractivity contribution in [1.82, 2.24) is 4.98 Å². The SMILES string of the molecule is CCOc1ccc(-c2csc(N3CCC(S(=O)(=O)c4cccc(Cl)c4Cl)CC3)n2)cc1. The molecule has 0 N–H and O–H groups in total. The lowest BCUT2D eigenvalue weighted by Crippen LogP contribution is -2.39. The van der Waals surface area contributed by atoms with Crippen LogP contribution in [0.4, 0.5) is 5.13 Å². The summed E-state index contributed by atoms with van der Waals surface area (Å²) in [5.74, 6) is 0.838. The van der Waals surface area contributed by atoms with Crippen LogP contribution in [0.1, 0.15) is 19.8 Å². The van der Waals surface area contributed by atoms with Crippen LogP contribution in [0.15, 0.2) is 52.7 Å². The zero-order valence-electron chi connectivity index (χ0n) is 16.9. The van der Waals surface area contributed by atoms with Gasteiger partial charge in [0.25, 0.3) is 0 Å². The Labute approximate surface area is 196 Å². The van der Waals surface area contributed by atoms with Crippen molar-refractivity contribution in [3.8, 4) is 17.0 Å². The zero-order valence-corrected chi connectivity index (χ0v) is 20.1. The Morgan fingerprint density at radius 2 is 1.84 bits per heavy atom. The lowest BCUT2D eigenvalue weighted by Gasteiger charge is -2.31. The third kappa shape index (κ3) is 4.70. The van der Waals surface area contributed by atoms with Crippen LogP contribution in [0.25, 0.3) is 11.3 Å². The molecule has 31 heavy (non-hydrogen) atoms. The second-order valence-corrected chi connectivity index (χ2v) is 11.1. The van der Waals surface area contributed by atoms with Gasteiger partial charge in [-0.25, -0.2) is 13.4 Å². The molecule has 1 saturated heterocycles. The Bertz CT molecular complexity index is 1160. The number of ether oxygens (including phenoxy) is 1. The fraction of sp³-hybridized carbons (Fsp3) is 0.318. The number of rotatable bonds is 6. The number of hydrogen-bond acceptors (Lipinski definition) is 6. The molecule has 0 unspecified atom stereocenters. The molecule has 0 spiro atoms. The molecule has 1 aromatic heterocycles. The summed E-state index contributed by atoms with van der Waals surface area (Å²) < 4.78 is 31.7. The topological polar surface area (TPSA) is 59.5 Å². The summed E-state index contributed by atoms with van der Waals surface area (Å²) in [6.07, 6.45) is 1.03. The Balaban J connectivity index is 1.44. The number of aromatic nitrogens is 1. The lowest BCUT2D eigenvalue weighted by atomic mass is 10.1. The van der Waals surface area contributed by atoms with Gasteiger partial charge in [-0.1, -0.05) is 29.3 Å². The summed E-state index contributed by atoms with van der Waals surface area (Å²) in [5, 5.41) is 2.81. The van der Waals surface area contributed by atoms with Gasteiger partial charge in [0.05, 0.1) is 32.5 Å². The quantitative estimate of drug-likeness (QED) is 0.421. The van der Waals surface area contributed by atoms with E-state index in [1.54, 1.807) is 23.5 Å². The molecule has 0 saturated carbocycles. The van der Waals surface area contributed by atoms with Crippen LogP contribution in [0.2, 0.25) is 10.0 Å². The highest BCUT2D eigenvalue weighted by Gasteiger charge is 2.33. The van der Waals surface area contributed by atoms with Gasteiger partial charge in [0.1, 0.15) is 5.75 Å². The van der Waals surface area contributed by atoms with Crippen molar-refractivity contribution in [1.29, 1.82) is 0 Å². The monoisotopic (exact) mass is 496 g/mol. The first-order chi connectivity index (χ1) is 14.9. The summed E-state index contributed by atoms with van der Waals surface area (Å²) in [5.41, 5.74) is 1.93. The van der Waals surface area contributed by atoms with Crippen molar-refractivity contribution < 1.29 is 13.2 Å². The Morgan fingerprint density at radius 3 is 2.52 bits per heavy atom. The summed E-state index contributed by atoms with van der Waals surface area (Å²) >= 11 is 13.8. The summed E-state index contributed by atoms with van der Waals surface area (Å²) in [7, 11) is -3.54. The van der Waals surface area contributed by atoms with Crippen LogP contribution in [0.5, 0.6) is 5.75 Å². The first-order valence-corrected chi connectivity index (χ1v) is 13.2. The first kappa shape index (κ1) is 22.4. The number of thiazole rings is 1. The van der Waals surface area contributed by atoms with E-state index < -0.39 is 15.1 Å². The first-order valence-electron chi connectivity index (χ1n) is 10.0. The van der Waals surface area contributed by atoms with E-state index >= 15 is 0 Å². The van der Waals surface area contributed by atoms with E-state index in [2.05, 4.69) is 4.90 Å². The minimum atomic E-state index is -3.54. The average Bonchev–Trinajstić information content (AvgIpc) is 3.27. The van der Waals surface area contributed by atoms with Crippen molar-refractivity contribution in [2.75, 3.05) is 24.6 Å². The van der Waals surface area contributed by atoms with E-state index in [0.29, 0.717) is 32.5 Å². The van der Waals surface area contributed by atoms with Crippen LogP contribution in [0.3, 0.4) is 0 Å². The standard InChI is InChI=1S/C22H22Cl2N2O3S2/c1-2-29-16-8-6-15(7-9-16)19-14-30-22(25-19)26-12-10-17(11-13-26)31(27,28)20-5-3-4-18(23)21(20)24/h3-9,14,17H,2,10-13H2,1H3. The Morgan fingerprint density at radius 1 is 1.13 bits per heavy atom. The maximum absolute atomic E-state index is 13.1. The van der Waals surface area contributed by atoms with E-state index in [1.165, 1.54) is 6.07 Å². The zero-order chi connectivity index (χ0) is 22.0. The van der Waals surface area contributed by atoms with Crippen molar-refractivity contribution in [3.63, 3.8) is 0 Å². The molecule has 164 valence electrons. The highest BCUT2D eigenvalue weighted by atomic mass is 35.5. The predicted octanol–water partition coefficient (Wildman–Crippen LogP) is 5.96. The minimum Gasteiger partial charge on any atom is -0.494 e. The molecule has 1 aliphatic heterocycles. The predicted molar refractivity (Wildman–Crippen MR) is 128 cm³/mol. The van der Waals surface area contributed by atoms with Crippen molar-refractivity contribution in [3.05, 3.63) is 57.9 Å². The number of sulfone groups is 1. The fourth-order valence-electron chi connectivity index (χ4n) is 3.67. The third-order valence-corrected chi connectivity index (χ3v) is 9.46. The fourth-order valence-corrected chi connectivity index (χ4v) is 7.06. The second kappa shape index (κ2) is 9.36. The molecule has 0 bridgehead atoms. The lowest BCUT2D eigenvalue weighted by molar-refractivity contribution is 0.340. The van der Waals surface area contributed by atoms with Gasteiger partial charge < -0.3 is 9.64 Å². The Hall–Kier alpha value is -1.80. The largest absolute Gasteiger partial charge is 0.494 e.